The standard InChI is InChI=1S/C23H32N5O8P/c1-14(2)35-23(31)15(3)27-37(32,36-16-7-5-4-6-8-16)34-11-19-21(30)17(10-33-19)28-13-26-20-18(29)9-24-12-25-22(20)28/h4-8,12-15,17-19,21,29-30H,9-11H2,1-3H3,(H,24,25)(H,27,32). The number of hydrogen-bond donors (Lipinski definition) is 4. The molecule has 2 aliphatic rings. The van der Waals surface area contributed by atoms with Gasteiger partial charge in [0.15, 0.2) is 0 Å². The van der Waals surface area contributed by atoms with Crippen LogP contribution in [0, 0.1) is 0 Å². The number of benzene rings is 1. The largest absolute Gasteiger partial charge is 0.462 e. The van der Waals surface area contributed by atoms with E-state index in [-0.39, 0.29) is 31.6 Å². The van der Waals surface area contributed by atoms with Crippen LogP contribution in [0.5, 0.6) is 5.75 Å². The van der Waals surface area contributed by atoms with Crippen LogP contribution in [0.25, 0.3) is 0 Å². The maximum atomic E-state index is 13.7. The Kier molecular flexibility index (Phi) is 8.63. The summed E-state index contributed by atoms with van der Waals surface area (Å²) in [6, 6.07) is 6.82. The fourth-order valence-electron chi connectivity index (χ4n) is 3.93. The van der Waals surface area contributed by atoms with Crippen molar-refractivity contribution in [1.82, 2.24) is 14.6 Å². The molecule has 2 aromatic rings. The third kappa shape index (κ3) is 6.56. The van der Waals surface area contributed by atoms with E-state index in [0.717, 1.165) is 0 Å². The molecule has 2 aliphatic heterocycles. The molecule has 1 fully saturated rings. The average molecular weight is 538 g/mol. The number of aliphatic imine (C=N–C) groups is 1. The van der Waals surface area contributed by atoms with Crippen molar-refractivity contribution in [1.29, 1.82) is 0 Å². The minimum absolute atomic E-state index is 0.112. The predicted molar refractivity (Wildman–Crippen MR) is 133 cm³/mol. The molecule has 0 bridgehead atoms. The zero-order chi connectivity index (χ0) is 26.6. The number of esters is 1. The number of carbonyl (C=O) groups excluding carboxylic acids is 1. The Morgan fingerprint density at radius 3 is 2.78 bits per heavy atom. The molecule has 13 nitrogen and oxygen atoms in total. The number of aromatic nitrogens is 2. The number of anilines is 1. The Labute approximate surface area is 214 Å². The molecule has 4 rings (SSSR count). The number of aliphatic hydroxyl groups excluding tert-OH is 2. The lowest BCUT2D eigenvalue weighted by Crippen LogP contribution is -2.37. The third-order valence-electron chi connectivity index (χ3n) is 5.76. The highest BCUT2D eigenvalue weighted by atomic mass is 31.2. The van der Waals surface area contributed by atoms with Crippen molar-refractivity contribution in [3.05, 3.63) is 42.4 Å². The lowest BCUT2D eigenvalue weighted by molar-refractivity contribution is -0.149. The van der Waals surface area contributed by atoms with Crippen molar-refractivity contribution in [3.63, 3.8) is 0 Å². The number of fused-ring (bicyclic) bond motifs is 1. The predicted octanol–water partition coefficient (Wildman–Crippen LogP) is 1.80. The number of nitrogens with zero attached hydrogens (tertiary/aromatic N) is 3. The number of rotatable bonds is 10. The Morgan fingerprint density at radius 2 is 2.05 bits per heavy atom. The van der Waals surface area contributed by atoms with Crippen molar-refractivity contribution in [3.8, 4) is 5.75 Å². The summed E-state index contributed by atoms with van der Waals surface area (Å²) in [6.07, 6.45) is -0.188. The quantitative estimate of drug-likeness (QED) is 0.258. The Balaban J connectivity index is 1.45. The van der Waals surface area contributed by atoms with E-state index in [1.807, 2.05) is 0 Å². The van der Waals surface area contributed by atoms with Crippen LogP contribution in [0.1, 0.15) is 38.6 Å². The molecule has 6 atom stereocenters. The average Bonchev–Trinajstić information content (AvgIpc) is 3.37. The van der Waals surface area contributed by atoms with Crippen LogP contribution in [0.3, 0.4) is 0 Å². The summed E-state index contributed by atoms with van der Waals surface area (Å²) in [6.45, 7) is 4.89. The Morgan fingerprint density at radius 1 is 1.30 bits per heavy atom. The lowest BCUT2D eigenvalue weighted by atomic mass is 10.1. The number of carbonyl (C=O) groups is 1. The molecule has 1 aromatic carbocycles. The van der Waals surface area contributed by atoms with E-state index in [9.17, 15) is 19.6 Å². The van der Waals surface area contributed by atoms with Crippen LogP contribution in [-0.2, 0) is 23.4 Å². The molecule has 3 heterocycles. The fraction of sp³-hybridized carbons (Fsp3) is 0.522. The number of hydrogen-bond acceptors (Lipinski definition) is 11. The molecule has 14 heteroatoms. The number of nitrogens with one attached hydrogen (secondary N) is 2. The zero-order valence-corrected chi connectivity index (χ0v) is 21.7. The summed E-state index contributed by atoms with van der Waals surface area (Å²) >= 11 is 0. The molecule has 0 spiro atoms. The molecule has 202 valence electrons. The van der Waals surface area contributed by atoms with Crippen LogP contribution in [-0.4, -0.2) is 76.2 Å². The van der Waals surface area contributed by atoms with Crippen LogP contribution in [0.15, 0.2) is 41.7 Å². The zero-order valence-electron chi connectivity index (χ0n) is 20.8. The smallest absolute Gasteiger partial charge is 0.459 e. The van der Waals surface area contributed by atoms with Crippen LogP contribution >= 0.6 is 7.75 Å². The molecule has 37 heavy (non-hydrogen) atoms. The maximum absolute atomic E-state index is 13.7. The normalized spacial score (nSPS) is 25.6. The van der Waals surface area contributed by atoms with Gasteiger partial charge in [-0.15, -0.1) is 0 Å². The minimum Gasteiger partial charge on any atom is -0.462 e. The van der Waals surface area contributed by atoms with Gasteiger partial charge < -0.3 is 34.1 Å². The number of imidazole rings is 1. The summed E-state index contributed by atoms with van der Waals surface area (Å²) in [7, 11) is -4.11. The van der Waals surface area contributed by atoms with E-state index < -0.39 is 44.1 Å². The second-order valence-electron chi connectivity index (χ2n) is 9.00. The number of ether oxygens (including phenoxy) is 2. The SMILES string of the molecule is CC(C)OC(=O)C(C)NP(=O)(OCC1OCC(n2cnc3c2NC=NCC3O)C1O)Oc1ccccc1. The molecule has 0 aliphatic carbocycles. The van der Waals surface area contributed by atoms with Crippen LogP contribution in [0.2, 0.25) is 0 Å². The highest BCUT2D eigenvalue weighted by molar-refractivity contribution is 7.52. The van der Waals surface area contributed by atoms with Gasteiger partial charge in [-0.05, 0) is 32.9 Å². The monoisotopic (exact) mass is 537 g/mol. The summed E-state index contributed by atoms with van der Waals surface area (Å²) in [5.74, 6) is 0.146. The first kappa shape index (κ1) is 27.2. The molecular weight excluding hydrogens is 505 g/mol. The third-order valence-corrected chi connectivity index (χ3v) is 7.40. The van der Waals surface area contributed by atoms with Gasteiger partial charge in [-0.1, -0.05) is 18.2 Å². The lowest BCUT2D eigenvalue weighted by Gasteiger charge is -2.25. The van der Waals surface area contributed by atoms with Gasteiger partial charge in [0.05, 0.1) is 44.6 Å². The van der Waals surface area contributed by atoms with Gasteiger partial charge in [-0.2, -0.15) is 5.09 Å². The van der Waals surface area contributed by atoms with Crippen LogP contribution < -0.4 is 14.9 Å². The topological polar surface area (TPSA) is 166 Å². The van der Waals surface area contributed by atoms with E-state index in [0.29, 0.717) is 11.5 Å². The van der Waals surface area contributed by atoms with Gasteiger partial charge in [0, 0.05) is 0 Å². The van der Waals surface area contributed by atoms with Gasteiger partial charge in [0.25, 0.3) is 0 Å². The summed E-state index contributed by atoms with van der Waals surface area (Å²) in [4.78, 5) is 20.6. The first-order valence-electron chi connectivity index (χ1n) is 11.9. The Hall–Kier alpha value is -2.80. The van der Waals surface area contributed by atoms with Crippen LogP contribution in [0.4, 0.5) is 5.82 Å². The molecule has 0 saturated carbocycles. The van der Waals surface area contributed by atoms with Crippen molar-refractivity contribution in [2.45, 2.75) is 57.3 Å². The fourth-order valence-corrected chi connectivity index (χ4v) is 5.43. The Bertz CT molecular complexity index is 1140. The van der Waals surface area contributed by atoms with E-state index in [4.69, 9.17) is 18.5 Å². The van der Waals surface area contributed by atoms with Crippen molar-refractivity contribution < 1.29 is 38.1 Å². The van der Waals surface area contributed by atoms with E-state index in [1.54, 1.807) is 48.7 Å². The first-order valence-corrected chi connectivity index (χ1v) is 13.5. The van der Waals surface area contributed by atoms with Gasteiger partial charge in [-0.25, -0.2) is 9.55 Å². The molecule has 6 unspecified atom stereocenters. The second-order valence-corrected chi connectivity index (χ2v) is 10.7. The van der Waals surface area contributed by atoms with E-state index >= 15 is 0 Å². The molecular formula is C23H32N5O8P. The molecule has 0 amide bonds. The minimum atomic E-state index is -4.11. The van der Waals surface area contributed by atoms with Gasteiger partial charge >= 0.3 is 13.7 Å². The van der Waals surface area contributed by atoms with E-state index in [2.05, 4.69) is 20.4 Å². The summed E-state index contributed by atoms with van der Waals surface area (Å²) in [5.41, 5.74) is 0.414. The molecule has 1 saturated heterocycles. The molecule has 4 N–H and O–H groups in total. The highest BCUT2D eigenvalue weighted by Crippen LogP contribution is 2.46. The number of aliphatic hydroxyl groups is 2. The van der Waals surface area contributed by atoms with Crippen molar-refractivity contribution in [2.75, 3.05) is 25.1 Å². The highest BCUT2D eigenvalue weighted by Gasteiger charge is 2.41. The summed E-state index contributed by atoms with van der Waals surface area (Å²) < 4.78 is 37.6. The van der Waals surface area contributed by atoms with E-state index in [1.165, 1.54) is 19.6 Å². The molecule has 1 aromatic heterocycles. The van der Waals surface area contributed by atoms with Gasteiger partial charge in [0.1, 0.15) is 41.6 Å². The number of para-hydroxylation sites is 1. The maximum Gasteiger partial charge on any atom is 0.459 e. The second kappa shape index (κ2) is 11.7. The van der Waals surface area contributed by atoms with Gasteiger partial charge in [0.2, 0.25) is 0 Å². The van der Waals surface area contributed by atoms with Crippen molar-refractivity contribution in [2.24, 2.45) is 4.99 Å². The van der Waals surface area contributed by atoms with Crippen molar-refractivity contribution >= 4 is 25.9 Å². The summed E-state index contributed by atoms with van der Waals surface area (Å²) in [5, 5.41) is 26.8. The molecule has 0 radical (unpaired) electrons. The van der Waals surface area contributed by atoms with Gasteiger partial charge in [-0.3, -0.25) is 14.3 Å². The first-order chi connectivity index (χ1) is 17.7.